The maximum absolute atomic E-state index is 11.9. The minimum Gasteiger partial charge on any atom is -0.355 e. The second-order valence-corrected chi connectivity index (χ2v) is 8.17. The first kappa shape index (κ1) is 17.9. The standard InChI is InChI=1S/C27H24NO/c1-28-26(29)20-12-10-19(11-13-20)16-27(17-23-8-4-5-9-24(23)18-27)25-14-21-6-2-3-7-22(21)15-25/h2-14,17H,15-16,18H2,1H3,(H,28,29)/t27-/m1/s1. The van der Waals surface area contributed by atoms with Gasteiger partial charge in [-0.05, 0) is 59.2 Å². The summed E-state index contributed by atoms with van der Waals surface area (Å²) in [6, 6.07) is 25.5. The van der Waals surface area contributed by atoms with Crippen molar-refractivity contribution < 1.29 is 4.79 Å². The van der Waals surface area contributed by atoms with E-state index < -0.39 is 0 Å². The van der Waals surface area contributed by atoms with E-state index in [9.17, 15) is 4.79 Å². The Bertz CT molecular complexity index is 1080. The van der Waals surface area contributed by atoms with Gasteiger partial charge in [0.1, 0.15) is 0 Å². The molecule has 3 aromatic carbocycles. The molecule has 0 heterocycles. The minimum atomic E-state index is -0.0416. The molecule has 2 aliphatic carbocycles. The largest absolute Gasteiger partial charge is 0.355 e. The smallest absolute Gasteiger partial charge is 0.251 e. The first-order valence-corrected chi connectivity index (χ1v) is 10.2. The first-order chi connectivity index (χ1) is 14.2. The van der Waals surface area contributed by atoms with Gasteiger partial charge < -0.3 is 5.32 Å². The van der Waals surface area contributed by atoms with E-state index in [4.69, 9.17) is 0 Å². The lowest BCUT2D eigenvalue weighted by Gasteiger charge is -2.31. The second kappa shape index (κ2) is 7.04. The summed E-state index contributed by atoms with van der Waals surface area (Å²) in [5.41, 5.74) is 8.98. The van der Waals surface area contributed by atoms with E-state index in [1.165, 1.54) is 33.4 Å². The van der Waals surface area contributed by atoms with Gasteiger partial charge in [-0.15, -0.1) is 0 Å². The number of nitrogens with one attached hydrogen (secondary N) is 1. The molecule has 2 aliphatic rings. The molecule has 0 bridgehead atoms. The Morgan fingerprint density at radius 2 is 1.59 bits per heavy atom. The fourth-order valence-electron chi connectivity index (χ4n) is 4.84. The number of carbonyl (C=O) groups is 1. The van der Waals surface area contributed by atoms with Crippen LogP contribution in [-0.4, -0.2) is 13.0 Å². The first-order valence-electron chi connectivity index (χ1n) is 10.2. The van der Waals surface area contributed by atoms with Gasteiger partial charge >= 0.3 is 0 Å². The van der Waals surface area contributed by atoms with Gasteiger partial charge in [0, 0.05) is 24.4 Å². The van der Waals surface area contributed by atoms with Crippen LogP contribution in [0.25, 0.3) is 6.08 Å². The highest BCUT2D eigenvalue weighted by atomic mass is 16.1. The van der Waals surface area contributed by atoms with Gasteiger partial charge in [0.05, 0.1) is 0 Å². The molecule has 0 saturated heterocycles. The summed E-state index contributed by atoms with van der Waals surface area (Å²) in [4.78, 5) is 11.9. The van der Waals surface area contributed by atoms with E-state index in [2.05, 4.69) is 78.5 Å². The summed E-state index contributed by atoms with van der Waals surface area (Å²) < 4.78 is 0. The molecule has 1 N–H and O–H groups in total. The molecular formula is C27H24NO. The van der Waals surface area contributed by atoms with Crippen LogP contribution in [0.2, 0.25) is 0 Å². The molecule has 0 aliphatic heterocycles. The molecule has 0 unspecified atom stereocenters. The summed E-state index contributed by atoms with van der Waals surface area (Å²) in [6.07, 6.45) is 7.86. The Balaban J connectivity index is 1.50. The highest BCUT2D eigenvalue weighted by molar-refractivity contribution is 5.93. The Morgan fingerprint density at radius 1 is 0.897 bits per heavy atom. The van der Waals surface area contributed by atoms with Crippen LogP contribution in [0.15, 0.2) is 78.4 Å². The Labute approximate surface area is 172 Å². The Morgan fingerprint density at radius 3 is 2.28 bits per heavy atom. The average molecular weight is 378 g/mol. The lowest BCUT2D eigenvalue weighted by molar-refractivity contribution is 0.0963. The van der Waals surface area contributed by atoms with Crippen LogP contribution in [-0.2, 0) is 19.3 Å². The van der Waals surface area contributed by atoms with Crippen molar-refractivity contribution in [1.29, 1.82) is 0 Å². The van der Waals surface area contributed by atoms with Crippen molar-refractivity contribution in [2.75, 3.05) is 7.05 Å². The number of carbonyl (C=O) groups excluding carboxylic acids is 1. The van der Waals surface area contributed by atoms with Crippen molar-refractivity contribution in [1.82, 2.24) is 5.32 Å². The van der Waals surface area contributed by atoms with E-state index >= 15 is 0 Å². The Kier molecular flexibility index (Phi) is 4.35. The molecule has 0 spiro atoms. The third-order valence-electron chi connectivity index (χ3n) is 6.36. The van der Waals surface area contributed by atoms with E-state index in [0.29, 0.717) is 5.56 Å². The zero-order valence-corrected chi connectivity index (χ0v) is 16.6. The molecule has 2 heteroatoms. The number of benzene rings is 3. The van der Waals surface area contributed by atoms with Crippen molar-refractivity contribution in [3.05, 3.63) is 118 Å². The third-order valence-corrected chi connectivity index (χ3v) is 6.36. The summed E-state index contributed by atoms with van der Waals surface area (Å²) in [6.45, 7) is 0. The molecule has 0 fully saturated rings. The number of rotatable bonds is 4. The lowest BCUT2D eigenvalue weighted by atomic mass is 9.72. The molecular weight excluding hydrogens is 354 g/mol. The van der Waals surface area contributed by atoms with Gasteiger partial charge in [-0.3, -0.25) is 4.79 Å². The highest BCUT2D eigenvalue weighted by Crippen LogP contribution is 2.50. The van der Waals surface area contributed by atoms with Crippen molar-refractivity contribution in [3.8, 4) is 0 Å². The minimum absolute atomic E-state index is 0.0166. The summed E-state index contributed by atoms with van der Waals surface area (Å²) >= 11 is 0. The van der Waals surface area contributed by atoms with E-state index in [-0.39, 0.29) is 11.3 Å². The average Bonchev–Trinajstić information content (AvgIpc) is 3.36. The molecule has 143 valence electrons. The Hall–Kier alpha value is -3.13. The highest BCUT2D eigenvalue weighted by Gasteiger charge is 2.41. The fraction of sp³-hybridized carbons (Fsp3) is 0.185. The number of hydrogen-bond acceptors (Lipinski definition) is 1. The predicted molar refractivity (Wildman–Crippen MR) is 118 cm³/mol. The van der Waals surface area contributed by atoms with Gasteiger partial charge in [0.15, 0.2) is 0 Å². The van der Waals surface area contributed by atoms with Crippen LogP contribution in [0.3, 0.4) is 0 Å². The van der Waals surface area contributed by atoms with E-state index in [1.807, 2.05) is 12.1 Å². The fourth-order valence-corrected chi connectivity index (χ4v) is 4.84. The maximum atomic E-state index is 11.9. The third kappa shape index (κ3) is 3.19. The molecule has 0 saturated carbocycles. The monoisotopic (exact) mass is 378 g/mol. The number of amides is 1. The topological polar surface area (TPSA) is 29.1 Å². The zero-order valence-electron chi connectivity index (χ0n) is 16.6. The van der Waals surface area contributed by atoms with Crippen LogP contribution in [0.5, 0.6) is 0 Å². The maximum Gasteiger partial charge on any atom is 0.251 e. The predicted octanol–water partition coefficient (Wildman–Crippen LogP) is 5.02. The molecule has 29 heavy (non-hydrogen) atoms. The van der Waals surface area contributed by atoms with Gasteiger partial charge in [0.2, 0.25) is 0 Å². The SMILES string of the molecule is CNC(=O)c1ccc(C[C@@]2(C3=Cc4ccccc4C3)[CH]c3ccccc3C2)cc1. The van der Waals surface area contributed by atoms with Crippen LogP contribution >= 0.6 is 0 Å². The van der Waals surface area contributed by atoms with E-state index in [1.54, 1.807) is 7.05 Å². The van der Waals surface area contributed by atoms with Crippen LogP contribution in [0, 0.1) is 11.8 Å². The molecule has 3 aromatic rings. The lowest BCUT2D eigenvalue weighted by Crippen LogP contribution is -2.26. The molecule has 5 rings (SSSR count). The van der Waals surface area contributed by atoms with Gasteiger partial charge in [-0.25, -0.2) is 0 Å². The van der Waals surface area contributed by atoms with Gasteiger partial charge in [0.25, 0.3) is 5.91 Å². The summed E-state index contributed by atoms with van der Waals surface area (Å²) in [5, 5.41) is 2.69. The zero-order chi connectivity index (χ0) is 19.8. The summed E-state index contributed by atoms with van der Waals surface area (Å²) in [5.74, 6) is -0.0416. The number of hydrogen-bond donors (Lipinski definition) is 1. The summed E-state index contributed by atoms with van der Waals surface area (Å²) in [7, 11) is 1.67. The van der Waals surface area contributed by atoms with Crippen molar-refractivity contribution in [2.45, 2.75) is 19.3 Å². The van der Waals surface area contributed by atoms with Crippen LogP contribution in [0.4, 0.5) is 0 Å². The second-order valence-electron chi connectivity index (χ2n) is 8.17. The van der Waals surface area contributed by atoms with Crippen molar-refractivity contribution >= 4 is 12.0 Å². The molecule has 0 aromatic heterocycles. The normalized spacial score (nSPS) is 16.1. The van der Waals surface area contributed by atoms with Crippen molar-refractivity contribution in [2.24, 2.45) is 5.41 Å². The van der Waals surface area contributed by atoms with Gasteiger partial charge in [-0.1, -0.05) is 72.3 Å². The number of fused-ring (bicyclic) bond motifs is 2. The van der Waals surface area contributed by atoms with Gasteiger partial charge in [-0.2, -0.15) is 0 Å². The molecule has 2 nitrogen and oxygen atoms in total. The van der Waals surface area contributed by atoms with Crippen LogP contribution in [0.1, 0.15) is 38.2 Å². The van der Waals surface area contributed by atoms with E-state index in [0.717, 1.165) is 19.3 Å². The quantitative estimate of drug-likeness (QED) is 0.678. The molecule has 1 radical (unpaired) electrons. The molecule has 1 atom stereocenters. The number of allylic oxidation sites excluding steroid dienone is 1. The van der Waals surface area contributed by atoms with Crippen LogP contribution < -0.4 is 5.32 Å². The molecule has 1 amide bonds. The van der Waals surface area contributed by atoms with Crippen molar-refractivity contribution in [3.63, 3.8) is 0 Å².